The number of carboxylic acids is 1. The Bertz CT molecular complexity index is 1410. The molecule has 2 aromatic carbocycles. The molecule has 0 saturated carbocycles. The van der Waals surface area contributed by atoms with Gasteiger partial charge in [0.2, 0.25) is 5.91 Å². The molecule has 2 amide bonds. The molecular weight excluding hydrogens is 612 g/mol. The van der Waals surface area contributed by atoms with Crippen molar-refractivity contribution in [3.63, 3.8) is 0 Å². The summed E-state index contributed by atoms with van der Waals surface area (Å²) in [6.07, 6.45) is -0.816. The van der Waals surface area contributed by atoms with Gasteiger partial charge in [-0.3, -0.25) is 19.3 Å². The first-order valence-electron chi connectivity index (χ1n) is 12.3. The lowest BCUT2D eigenvalue weighted by Gasteiger charge is -2.36. The number of alkyl halides is 2. The number of nitrogens with zero attached hydrogens (tertiary/aromatic N) is 3. The number of rotatable bonds is 6. The normalized spacial score (nSPS) is 26.7. The summed E-state index contributed by atoms with van der Waals surface area (Å²) in [5.41, 5.74) is -1.76. The summed E-state index contributed by atoms with van der Waals surface area (Å²) >= 11 is 25.0. The Labute approximate surface area is 248 Å². The highest BCUT2D eigenvalue weighted by Gasteiger charge is 2.74. The van der Waals surface area contributed by atoms with Crippen molar-refractivity contribution < 1.29 is 28.3 Å². The van der Waals surface area contributed by atoms with E-state index in [1.54, 1.807) is 19.0 Å². The van der Waals surface area contributed by atoms with E-state index in [4.69, 9.17) is 46.4 Å². The van der Waals surface area contributed by atoms with E-state index in [9.17, 15) is 19.5 Å². The Morgan fingerprint density at radius 3 is 2.27 bits per heavy atom. The lowest BCUT2D eigenvalue weighted by molar-refractivity contribution is -0.153. The van der Waals surface area contributed by atoms with Crippen LogP contribution in [0.2, 0.25) is 20.1 Å². The number of halogens is 6. The van der Waals surface area contributed by atoms with Crippen molar-refractivity contribution in [3.05, 3.63) is 56.0 Å². The van der Waals surface area contributed by atoms with Crippen LogP contribution in [-0.4, -0.2) is 78.4 Å². The molecule has 2 saturated heterocycles. The van der Waals surface area contributed by atoms with Crippen LogP contribution in [0.25, 0.3) is 0 Å². The van der Waals surface area contributed by atoms with Crippen molar-refractivity contribution in [2.24, 2.45) is 11.8 Å². The van der Waals surface area contributed by atoms with Gasteiger partial charge in [-0.15, -0.1) is 0 Å². The second kappa shape index (κ2) is 10.3. The van der Waals surface area contributed by atoms with Crippen LogP contribution in [0.1, 0.15) is 12.0 Å². The fourth-order valence-electron chi connectivity index (χ4n) is 6.32. The highest BCUT2D eigenvalue weighted by atomic mass is 35.5. The standard InChI is InChI=1S/C26H24Cl4F2N4O4/c1-34(2)3-4-35(15-6-12(27)5-13(28)7-15)22(37)19-18-10-25(31,32)11-36(18)26(20(19)23(38)39)16-8-14(29)9-17(30)21(16)33-24(26)40/h5-9,18-20H,3-4,10-11H2,1-2H3,(H,33,40)(H,38,39)/t18-,19+,20-,26+/m1/s1. The minimum Gasteiger partial charge on any atom is -0.481 e. The lowest BCUT2D eigenvalue weighted by atomic mass is 9.73. The first kappa shape index (κ1) is 29.3. The zero-order valence-corrected chi connectivity index (χ0v) is 24.3. The smallest absolute Gasteiger partial charge is 0.310 e. The van der Waals surface area contributed by atoms with E-state index in [1.807, 2.05) is 0 Å². The number of aliphatic carboxylic acids is 1. The Hall–Kier alpha value is -2.21. The Morgan fingerprint density at radius 1 is 1.05 bits per heavy atom. The van der Waals surface area contributed by atoms with Crippen LogP contribution >= 0.6 is 46.4 Å². The van der Waals surface area contributed by atoms with Crippen LogP contribution in [0.5, 0.6) is 0 Å². The predicted molar refractivity (Wildman–Crippen MR) is 149 cm³/mol. The largest absolute Gasteiger partial charge is 0.481 e. The number of benzene rings is 2. The van der Waals surface area contributed by atoms with Crippen molar-refractivity contribution in [1.82, 2.24) is 9.80 Å². The predicted octanol–water partition coefficient (Wildman–Crippen LogP) is 5.08. The van der Waals surface area contributed by atoms with Gasteiger partial charge in [0.1, 0.15) is 11.5 Å². The van der Waals surface area contributed by atoms with E-state index in [-0.39, 0.29) is 43.6 Å². The zero-order valence-electron chi connectivity index (χ0n) is 21.2. The monoisotopic (exact) mass is 634 g/mol. The summed E-state index contributed by atoms with van der Waals surface area (Å²) in [6.45, 7) is -0.505. The van der Waals surface area contributed by atoms with E-state index >= 15 is 8.78 Å². The number of carboxylic acid groups (broad SMARTS) is 1. The molecule has 214 valence electrons. The van der Waals surface area contributed by atoms with Gasteiger partial charge in [-0.1, -0.05) is 46.4 Å². The second-order valence-corrected chi connectivity index (χ2v) is 12.3. The van der Waals surface area contributed by atoms with Crippen LogP contribution in [0.3, 0.4) is 0 Å². The van der Waals surface area contributed by atoms with Gasteiger partial charge in [-0.05, 0) is 44.4 Å². The number of hydrogen-bond acceptors (Lipinski definition) is 5. The Kier molecular flexibility index (Phi) is 7.51. The van der Waals surface area contributed by atoms with Gasteiger partial charge in [-0.25, -0.2) is 8.78 Å². The third kappa shape index (κ3) is 4.62. The summed E-state index contributed by atoms with van der Waals surface area (Å²) in [6, 6.07) is 5.86. The minimum absolute atomic E-state index is 0.0235. The summed E-state index contributed by atoms with van der Waals surface area (Å²) in [4.78, 5) is 45.5. The van der Waals surface area contributed by atoms with Crippen molar-refractivity contribution >= 4 is 75.6 Å². The molecule has 5 rings (SSSR count). The molecule has 3 aliphatic rings. The number of amides is 2. The molecule has 8 nitrogen and oxygen atoms in total. The minimum atomic E-state index is -3.29. The van der Waals surface area contributed by atoms with E-state index in [0.29, 0.717) is 6.54 Å². The number of hydrogen-bond donors (Lipinski definition) is 2. The number of likely N-dealkylation sites (N-methyl/N-ethyl adjacent to an activating group) is 1. The summed E-state index contributed by atoms with van der Waals surface area (Å²) in [5, 5.41) is 13.7. The van der Waals surface area contributed by atoms with Gasteiger partial charge in [-0.2, -0.15) is 0 Å². The van der Waals surface area contributed by atoms with Gasteiger partial charge in [0, 0.05) is 51.9 Å². The van der Waals surface area contributed by atoms with Crippen LogP contribution < -0.4 is 10.2 Å². The lowest BCUT2D eigenvalue weighted by Crippen LogP contribution is -2.54. The molecular formula is C26H24Cl4F2N4O4. The molecule has 0 aliphatic carbocycles. The SMILES string of the molecule is CN(C)CCN(C(=O)[C@H]1[C@H]2CC(F)(F)CN2[C@]2(C(=O)Nc3c(Cl)cc(Cl)cc32)[C@H]1C(=O)O)c1cc(Cl)cc(Cl)c1. The summed E-state index contributed by atoms with van der Waals surface area (Å²) in [5.74, 6) is -9.67. The molecule has 0 aromatic heterocycles. The molecule has 14 heteroatoms. The molecule has 0 unspecified atom stereocenters. The fraction of sp³-hybridized carbons (Fsp3) is 0.423. The average molecular weight is 636 g/mol. The van der Waals surface area contributed by atoms with E-state index in [1.165, 1.54) is 35.2 Å². The molecule has 2 N–H and O–H groups in total. The van der Waals surface area contributed by atoms with Crippen molar-refractivity contribution in [1.29, 1.82) is 0 Å². The number of fused-ring (bicyclic) bond motifs is 4. The number of carbonyl (C=O) groups is 3. The fourth-order valence-corrected chi connectivity index (χ4v) is 7.38. The Morgan fingerprint density at radius 2 is 1.68 bits per heavy atom. The maximum absolute atomic E-state index is 15.1. The summed E-state index contributed by atoms with van der Waals surface area (Å²) in [7, 11) is 3.56. The van der Waals surface area contributed by atoms with Gasteiger partial charge >= 0.3 is 5.97 Å². The van der Waals surface area contributed by atoms with Crippen molar-refractivity contribution in [2.75, 3.05) is 43.9 Å². The maximum Gasteiger partial charge on any atom is 0.310 e. The molecule has 3 heterocycles. The number of anilines is 2. The van der Waals surface area contributed by atoms with E-state index in [0.717, 1.165) is 4.90 Å². The third-order valence-electron chi connectivity index (χ3n) is 7.78. The van der Waals surface area contributed by atoms with Crippen LogP contribution in [0.15, 0.2) is 30.3 Å². The van der Waals surface area contributed by atoms with Gasteiger partial charge in [0.05, 0.1) is 23.2 Å². The molecule has 1 spiro atoms. The highest BCUT2D eigenvalue weighted by Crippen LogP contribution is 2.61. The molecule has 4 atom stereocenters. The first-order valence-corrected chi connectivity index (χ1v) is 13.8. The summed E-state index contributed by atoms with van der Waals surface area (Å²) < 4.78 is 30.1. The van der Waals surface area contributed by atoms with Crippen LogP contribution in [-0.2, 0) is 19.9 Å². The van der Waals surface area contributed by atoms with E-state index < -0.39 is 60.1 Å². The van der Waals surface area contributed by atoms with Crippen LogP contribution in [0.4, 0.5) is 20.2 Å². The maximum atomic E-state index is 15.1. The molecule has 3 aliphatic heterocycles. The third-order valence-corrected chi connectivity index (χ3v) is 8.74. The molecule has 0 radical (unpaired) electrons. The highest BCUT2D eigenvalue weighted by molar-refractivity contribution is 6.38. The van der Waals surface area contributed by atoms with E-state index in [2.05, 4.69) is 5.32 Å². The molecule has 2 fully saturated rings. The number of nitrogens with one attached hydrogen (secondary N) is 1. The van der Waals surface area contributed by atoms with Crippen LogP contribution in [0, 0.1) is 11.8 Å². The molecule has 2 aromatic rings. The quantitative estimate of drug-likeness (QED) is 0.460. The average Bonchev–Trinajstić information content (AvgIpc) is 3.39. The first-order chi connectivity index (χ1) is 18.7. The van der Waals surface area contributed by atoms with Gasteiger partial charge < -0.3 is 20.2 Å². The van der Waals surface area contributed by atoms with Gasteiger partial charge in [0.25, 0.3) is 11.8 Å². The topological polar surface area (TPSA) is 93.2 Å². The number of carbonyl (C=O) groups excluding carboxylic acids is 2. The molecule has 40 heavy (non-hydrogen) atoms. The van der Waals surface area contributed by atoms with Gasteiger partial charge in [0.15, 0.2) is 0 Å². The van der Waals surface area contributed by atoms with Crippen molar-refractivity contribution in [3.8, 4) is 0 Å². The second-order valence-electron chi connectivity index (χ2n) is 10.5. The Balaban J connectivity index is 1.71. The zero-order chi connectivity index (χ0) is 29.3. The molecule has 0 bridgehead atoms. The van der Waals surface area contributed by atoms with Crippen molar-refractivity contribution in [2.45, 2.75) is 23.9 Å².